The maximum Gasteiger partial charge on any atom is 0.242 e. The Hall–Kier alpha value is -1.83. The molecule has 0 saturated carbocycles. The lowest BCUT2D eigenvalue weighted by Gasteiger charge is -2.12. The average Bonchev–Trinajstić information content (AvgIpc) is 2.59. The van der Waals surface area contributed by atoms with E-state index < -0.39 is 10.0 Å². The van der Waals surface area contributed by atoms with Crippen molar-refractivity contribution in [2.24, 2.45) is 0 Å². The number of nitrogens with one attached hydrogen (secondary N) is 1. The number of pyridine rings is 1. The van der Waals surface area contributed by atoms with Crippen LogP contribution >= 0.6 is 11.6 Å². The van der Waals surface area contributed by atoms with Gasteiger partial charge in [-0.05, 0) is 36.2 Å². The van der Waals surface area contributed by atoms with Crippen LogP contribution < -0.4 is 14.2 Å². The molecule has 1 heterocycles. The average molecular weight is 371 g/mol. The molecular formula is C16H19ClN2O4S. The topological polar surface area (TPSA) is 77.5 Å². The van der Waals surface area contributed by atoms with Crippen LogP contribution in [0.15, 0.2) is 41.4 Å². The summed E-state index contributed by atoms with van der Waals surface area (Å²) >= 11 is 5.67. The molecule has 6 nitrogen and oxygen atoms in total. The Morgan fingerprint density at radius 3 is 2.62 bits per heavy atom. The van der Waals surface area contributed by atoms with Crippen molar-refractivity contribution in [1.29, 1.82) is 0 Å². The Bertz CT molecular complexity index is 779. The van der Waals surface area contributed by atoms with Gasteiger partial charge in [0.2, 0.25) is 10.0 Å². The van der Waals surface area contributed by atoms with Crippen molar-refractivity contribution in [3.63, 3.8) is 0 Å². The molecule has 0 atom stereocenters. The Morgan fingerprint density at radius 1 is 1.21 bits per heavy atom. The van der Waals surface area contributed by atoms with Gasteiger partial charge in [0.25, 0.3) is 0 Å². The zero-order valence-corrected chi connectivity index (χ0v) is 15.0. The Morgan fingerprint density at radius 2 is 2.00 bits per heavy atom. The van der Waals surface area contributed by atoms with Crippen LogP contribution in [0.4, 0.5) is 0 Å². The molecule has 0 bridgehead atoms. The number of aromatic nitrogens is 1. The smallest absolute Gasteiger partial charge is 0.242 e. The summed E-state index contributed by atoms with van der Waals surface area (Å²) < 4.78 is 37.8. The van der Waals surface area contributed by atoms with Crippen molar-refractivity contribution in [3.05, 3.63) is 47.2 Å². The molecule has 0 unspecified atom stereocenters. The number of rotatable bonds is 8. The Kier molecular flexibility index (Phi) is 6.42. The fourth-order valence-electron chi connectivity index (χ4n) is 1.94. The lowest BCUT2D eigenvalue weighted by atomic mass is 10.2. The van der Waals surface area contributed by atoms with E-state index in [0.717, 1.165) is 12.0 Å². The minimum Gasteiger partial charge on any atom is -0.493 e. The molecule has 0 aliphatic rings. The first-order valence-electron chi connectivity index (χ1n) is 7.37. The first kappa shape index (κ1) is 18.5. The van der Waals surface area contributed by atoms with E-state index in [2.05, 4.69) is 9.71 Å². The van der Waals surface area contributed by atoms with Crippen LogP contribution in [0.1, 0.15) is 18.9 Å². The highest BCUT2D eigenvalue weighted by Crippen LogP contribution is 2.28. The summed E-state index contributed by atoms with van der Waals surface area (Å²) in [7, 11) is -2.12. The van der Waals surface area contributed by atoms with Gasteiger partial charge in [-0.15, -0.1) is 0 Å². The highest BCUT2D eigenvalue weighted by molar-refractivity contribution is 7.89. The molecule has 1 aromatic heterocycles. The van der Waals surface area contributed by atoms with Crippen LogP contribution in [0, 0.1) is 0 Å². The van der Waals surface area contributed by atoms with Gasteiger partial charge in [-0.25, -0.2) is 18.1 Å². The lowest BCUT2D eigenvalue weighted by Crippen LogP contribution is -2.23. The molecule has 0 aliphatic carbocycles. The largest absolute Gasteiger partial charge is 0.493 e. The third kappa shape index (κ3) is 4.83. The van der Waals surface area contributed by atoms with Crippen LogP contribution in [-0.2, 0) is 16.6 Å². The fourth-order valence-corrected chi connectivity index (χ4v) is 3.01. The minimum absolute atomic E-state index is 0.0572. The summed E-state index contributed by atoms with van der Waals surface area (Å²) in [6.07, 6.45) is 2.10. The van der Waals surface area contributed by atoms with Crippen LogP contribution in [0.3, 0.4) is 0 Å². The normalized spacial score (nSPS) is 11.3. The summed E-state index contributed by atoms with van der Waals surface area (Å²) in [6, 6.07) is 8.13. The monoisotopic (exact) mass is 370 g/mol. The van der Waals surface area contributed by atoms with E-state index in [-0.39, 0.29) is 16.6 Å². The fraction of sp³-hybridized carbons (Fsp3) is 0.312. The summed E-state index contributed by atoms with van der Waals surface area (Å²) in [5.41, 5.74) is 0.751. The van der Waals surface area contributed by atoms with Crippen molar-refractivity contribution in [2.45, 2.75) is 24.8 Å². The SMILES string of the molecule is CCCOc1ccc(CNS(=O)(=O)c2ccc(Cl)nc2)cc1OC. The maximum absolute atomic E-state index is 12.2. The molecule has 2 aromatic rings. The van der Waals surface area contributed by atoms with E-state index in [9.17, 15) is 8.42 Å². The molecule has 0 amide bonds. The molecule has 24 heavy (non-hydrogen) atoms. The summed E-state index contributed by atoms with van der Waals surface area (Å²) in [6.45, 7) is 2.72. The molecule has 2 rings (SSSR count). The van der Waals surface area contributed by atoms with Gasteiger partial charge in [-0.2, -0.15) is 0 Å². The van der Waals surface area contributed by atoms with Crippen molar-refractivity contribution < 1.29 is 17.9 Å². The van der Waals surface area contributed by atoms with Gasteiger partial charge in [0, 0.05) is 12.7 Å². The van der Waals surface area contributed by atoms with Gasteiger partial charge in [0.05, 0.1) is 13.7 Å². The predicted octanol–water partition coefficient (Wildman–Crippen LogP) is 3.01. The molecule has 0 spiro atoms. The zero-order valence-electron chi connectivity index (χ0n) is 13.5. The summed E-state index contributed by atoms with van der Waals surface area (Å²) in [5, 5.41) is 0.237. The van der Waals surface area contributed by atoms with Crippen LogP contribution in [0.2, 0.25) is 5.15 Å². The molecule has 8 heteroatoms. The van der Waals surface area contributed by atoms with E-state index in [0.29, 0.717) is 18.1 Å². The quantitative estimate of drug-likeness (QED) is 0.723. The number of sulfonamides is 1. The van der Waals surface area contributed by atoms with E-state index in [1.165, 1.54) is 18.3 Å². The number of halogens is 1. The third-order valence-corrected chi connectivity index (χ3v) is 4.78. The van der Waals surface area contributed by atoms with E-state index in [1.807, 2.05) is 6.92 Å². The second-order valence-electron chi connectivity index (χ2n) is 4.97. The third-order valence-electron chi connectivity index (χ3n) is 3.17. The number of hydrogen-bond acceptors (Lipinski definition) is 5. The maximum atomic E-state index is 12.2. The van der Waals surface area contributed by atoms with Gasteiger partial charge >= 0.3 is 0 Å². The van der Waals surface area contributed by atoms with Crippen molar-refractivity contribution in [3.8, 4) is 11.5 Å². The van der Waals surface area contributed by atoms with Crippen molar-refractivity contribution in [1.82, 2.24) is 9.71 Å². The second-order valence-corrected chi connectivity index (χ2v) is 7.13. The van der Waals surface area contributed by atoms with Gasteiger partial charge < -0.3 is 9.47 Å². The Balaban J connectivity index is 2.09. The molecule has 130 valence electrons. The van der Waals surface area contributed by atoms with E-state index >= 15 is 0 Å². The van der Waals surface area contributed by atoms with Crippen LogP contribution in [-0.4, -0.2) is 27.1 Å². The summed E-state index contributed by atoms with van der Waals surface area (Å²) in [4.78, 5) is 3.83. The van der Waals surface area contributed by atoms with Crippen LogP contribution in [0.5, 0.6) is 11.5 Å². The molecule has 0 fully saturated rings. The van der Waals surface area contributed by atoms with E-state index in [4.69, 9.17) is 21.1 Å². The number of methoxy groups -OCH3 is 1. The Labute approximate surface area is 146 Å². The highest BCUT2D eigenvalue weighted by Gasteiger charge is 2.15. The standard InChI is InChI=1S/C16H19ClN2O4S/c1-3-8-23-14-6-4-12(9-15(14)22-2)10-19-24(20,21)13-5-7-16(17)18-11-13/h4-7,9,11,19H,3,8,10H2,1-2H3. The second kappa shape index (κ2) is 8.32. The zero-order chi connectivity index (χ0) is 17.6. The number of hydrogen-bond donors (Lipinski definition) is 1. The number of ether oxygens (including phenoxy) is 2. The number of nitrogens with zero attached hydrogens (tertiary/aromatic N) is 1. The van der Waals surface area contributed by atoms with Crippen molar-refractivity contribution >= 4 is 21.6 Å². The predicted molar refractivity (Wildman–Crippen MR) is 92.1 cm³/mol. The molecule has 0 aliphatic heterocycles. The molecule has 1 N–H and O–H groups in total. The van der Waals surface area contributed by atoms with E-state index in [1.54, 1.807) is 25.3 Å². The molecule has 1 aromatic carbocycles. The van der Waals surface area contributed by atoms with Gasteiger partial charge in [-0.1, -0.05) is 24.6 Å². The first-order chi connectivity index (χ1) is 11.5. The van der Waals surface area contributed by atoms with Gasteiger partial charge in [0.15, 0.2) is 11.5 Å². The molecule has 0 radical (unpaired) electrons. The minimum atomic E-state index is -3.66. The summed E-state index contributed by atoms with van der Waals surface area (Å²) in [5.74, 6) is 1.20. The van der Waals surface area contributed by atoms with Gasteiger partial charge in [-0.3, -0.25) is 0 Å². The number of benzene rings is 1. The lowest BCUT2D eigenvalue weighted by molar-refractivity contribution is 0.294. The first-order valence-corrected chi connectivity index (χ1v) is 9.23. The molecule has 0 saturated heterocycles. The molecular weight excluding hydrogens is 352 g/mol. The van der Waals surface area contributed by atoms with Crippen molar-refractivity contribution in [2.75, 3.05) is 13.7 Å². The van der Waals surface area contributed by atoms with Gasteiger partial charge in [0.1, 0.15) is 10.0 Å². The van der Waals surface area contributed by atoms with Crippen LogP contribution in [0.25, 0.3) is 0 Å². The highest BCUT2D eigenvalue weighted by atomic mass is 35.5.